The van der Waals surface area contributed by atoms with Crippen molar-refractivity contribution in [2.75, 3.05) is 0 Å². The molecule has 0 aliphatic heterocycles. The van der Waals surface area contributed by atoms with E-state index >= 15 is 0 Å². The number of hydrogen-bond acceptors (Lipinski definition) is 5. The molecule has 15 heavy (non-hydrogen) atoms. The number of nitrogens with two attached hydrogens (primary N) is 1. The summed E-state index contributed by atoms with van der Waals surface area (Å²) in [4.78, 5) is 8.38. The van der Waals surface area contributed by atoms with Gasteiger partial charge in [0, 0.05) is 6.20 Å². The van der Waals surface area contributed by atoms with Gasteiger partial charge in [0.15, 0.2) is 0 Å². The van der Waals surface area contributed by atoms with Gasteiger partial charge in [-0.3, -0.25) is 4.98 Å². The van der Waals surface area contributed by atoms with Crippen LogP contribution in [0.3, 0.4) is 0 Å². The SMILES string of the molecule is CCc1cccnc1-c1noc(CN)n1. The van der Waals surface area contributed by atoms with Crippen LogP contribution < -0.4 is 5.73 Å². The van der Waals surface area contributed by atoms with E-state index in [1.807, 2.05) is 12.1 Å². The average Bonchev–Trinajstić information content (AvgIpc) is 2.77. The summed E-state index contributed by atoms with van der Waals surface area (Å²) in [6.07, 6.45) is 2.60. The second kappa shape index (κ2) is 4.18. The molecule has 78 valence electrons. The Bertz CT molecular complexity index is 452. The topological polar surface area (TPSA) is 77.8 Å². The molecule has 0 saturated heterocycles. The zero-order valence-electron chi connectivity index (χ0n) is 8.47. The third kappa shape index (κ3) is 1.87. The molecule has 0 amide bonds. The van der Waals surface area contributed by atoms with Crippen LogP contribution in [0, 0.1) is 0 Å². The molecule has 5 nitrogen and oxygen atoms in total. The Labute approximate surface area is 87.3 Å². The Kier molecular flexibility index (Phi) is 2.73. The van der Waals surface area contributed by atoms with E-state index in [1.165, 1.54) is 0 Å². The van der Waals surface area contributed by atoms with Gasteiger partial charge in [-0.1, -0.05) is 18.1 Å². The molecule has 0 aliphatic rings. The van der Waals surface area contributed by atoms with Gasteiger partial charge in [-0.05, 0) is 18.1 Å². The van der Waals surface area contributed by atoms with E-state index in [9.17, 15) is 0 Å². The van der Waals surface area contributed by atoms with Crippen LogP contribution in [0.25, 0.3) is 11.5 Å². The fourth-order valence-corrected chi connectivity index (χ4v) is 1.36. The van der Waals surface area contributed by atoms with E-state index in [0.29, 0.717) is 11.7 Å². The summed E-state index contributed by atoms with van der Waals surface area (Å²) in [5.41, 5.74) is 7.26. The first-order valence-corrected chi connectivity index (χ1v) is 4.82. The summed E-state index contributed by atoms with van der Waals surface area (Å²) in [5.74, 6) is 0.936. The van der Waals surface area contributed by atoms with Gasteiger partial charge in [-0.2, -0.15) is 4.98 Å². The van der Waals surface area contributed by atoms with Gasteiger partial charge >= 0.3 is 0 Å². The normalized spacial score (nSPS) is 10.5. The molecule has 0 spiro atoms. The highest BCUT2D eigenvalue weighted by Crippen LogP contribution is 2.18. The minimum absolute atomic E-state index is 0.251. The van der Waals surface area contributed by atoms with E-state index in [-0.39, 0.29) is 6.54 Å². The minimum atomic E-state index is 0.251. The Morgan fingerprint density at radius 2 is 2.33 bits per heavy atom. The summed E-state index contributed by atoms with van der Waals surface area (Å²) < 4.78 is 4.94. The van der Waals surface area contributed by atoms with E-state index in [0.717, 1.165) is 17.7 Å². The quantitative estimate of drug-likeness (QED) is 0.811. The molecule has 2 aromatic heterocycles. The molecule has 2 N–H and O–H groups in total. The zero-order valence-corrected chi connectivity index (χ0v) is 8.47. The van der Waals surface area contributed by atoms with Gasteiger partial charge in [0.2, 0.25) is 11.7 Å². The van der Waals surface area contributed by atoms with Crippen molar-refractivity contribution in [3.63, 3.8) is 0 Å². The highest BCUT2D eigenvalue weighted by atomic mass is 16.5. The van der Waals surface area contributed by atoms with Gasteiger partial charge in [0.1, 0.15) is 5.69 Å². The summed E-state index contributed by atoms with van der Waals surface area (Å²) in [5, 5.41) is 3.84. The van der Waals surface area contributed by atoms with Crippen LogP contribution in [0.2, 0.25) is 0 Å². The molecule has 0 aromatic carbocycles. The Morgan fingerprint density at radius 3 is 3.00 bits per heavy atom. The van der Waals surface area contributed by atoms with Gasteiger partial charge in [-0.15, -0.1) is 0 Å². The van der Waals surface area contributed by atoms with E-state index in [2.05, 4.69) is 22.0 Å². The van der Waals surface area contributed by atoms with Gasteiger partial charge < -0.3 is 10.3 Å². The van der Waals surface area contributed by atoms with Crippen LogP contribution in [0.4, 0.5) is 0 Å². The number of nitrogens with zero attached hydrogens (tertiary/aromatic N) is 3. The predicted molar refractivity (Wildman–Crippen MR) is 54.8 cm³/mol. The van der Waals surface area contributed by atoms with Crippen molar-refractivity contribution in [3.05, 3.63) is 29.8 Å². The molecule has 2 aromatic rings. The first-order chi connectivity index (χ1) is 7.35. The summed E-state index contributed by atoms with van der Waals surface area (Å²) in [7, 11) is 0. The highest BCUT2D eigenvalue weighted by molar-refractivity contribution is 5.53. The van der Waals surface area contributed by atoms with Crippen molar-refractivity contribution >= 4 is 0 Å². The molecule has 0 aliphatic carbocycles. The predicted octanol–water partition coefficient (Wildman–Crippen LogP) is 1.15. The maximum atomic E-state index is 5.40. The fraction of sp³-hybridized carbons (Fsp3) is 0.300. The Balaban J connectivity index is 2.44. The lowest BCUT2D eigenvalue weighted by Crippen LogP contribution is -1.97. The number of aryl methyl sites for hydroxylation is 1. The van der Waals surface area contributed by atoms with Crippen LogP contribution in [0.5, 0.6) is 0 Å². The van der Waals surface area contributed by atoms with Crippen molar-refractivity contribution in [1.82, 2.24) is 15.1 Å². The lowest BCUT2D eigenvalue weighted by atomic mass is 10.1. The van der Waals surface area contributed by atoms with Crippen LogP contribution in [0.1, 0.15) is 18.4 Å². The highest BCUT2D eigenvalue weighted by Gasteiger charge is 2.11. The second-order valence-corrected chi connectivity index (χ2v) is 3.08. The van der Waals surface area contributed by atoms with Crippen molar-refractivity contribution in [3.8, 4) is 11.5 Å². The van der Waals surface area contributed by atoms with Crippen molar-refractivity contribution in [1.29, 1.82) is 0 Å². The molecule has 2 rings (SSSR count). The summed E-state index contributed by atoms with van der Waals surface area (Å²) in [6, 6.07) is 3.90. The zero-order chi connectivity index (χ0) is 10.7. The van der Waals surface area contributed by atoms with Gasteiger partial charge in [0.25, 0.3) is 0 Å². The van der Waals surface area contributed by atoms with Crippen molar-refractivity contribution < 1.29 is 4.52 Å². The third-order valence-electron chi connectivity index (χ3n) is 2.13. The number of rotatable bonds is 3. The van der Waals surface area contributed by atoms with Crippen LogP contribution in [-0.2, 0) is 13.0 Å². The molecular weight excluding hydrogens is 192 g/mol. The van der Waals surface area contributed by atoms with Crippen molar-refractivity contribution in [2.45, 2.75) is 19.9 Å². The van der Waals surface area contributed by atoms with Crippen LogP contribution >= 0.6 is 0 Å². The molecule has 0 fully saturated rings. The number of hydrogen-bond donors (Lipinski definition) is 1. The maximum absolute atomic E-state index is 5.40. The van der Waals surface area contributed by atoms with Gasteiger partial charge in [0.05, 0.1) is 6.54 Å². The second-order valence-electron chi connectivity index (χ2n) is 3.08. The standard InChI is InChI=1S/C10H12N4O/c1-2-7-4-3-5-12-9(7)10-13-8(6-11)15-14-10/h3-5H,2,6,11H2,1H3. The minimum Gasteiger partial charge on any atom is -0.338 e. The van der Waals surface area contributed by atoms with E-state index in [4.69, 9.17) is 10.3 Å². The average molecular weight is 204 g/mol. The largest absolute Gasteiger partial charge is 0.338 e. The lowest BCUT2D eigenvalue weighted by Gasteiger charge is -2.00. The number of pyridine rings is 1. The number of aromatic nitrogens is 3. The molecule has 0 unspecified atom stereocenters. The molecule has 0 radical (unpaired) electrons. The lowest BCUT2D eigenvalue weighted by molar-refractivity contribution is 0.380. The van der Waals surface area contributed by atoms with Crippen LogP contribution in [0.15, 0.2) is 22.9 Å². The molecule has 5 heteroatoms. The van der Waals surface area contributed by atoms with Crippen LogP contribution in [-0.4, -0.2) is 15.1 Å². The molecule has 0 atom stereocenters. The van der Waals surface area contributed by atoms with Gasteiger partial charge in [-0.25, -0.2) is 0 Å². The first kappa shape index (κ1) is 9.79. The van der Waals surface area contributed by atoms with E-state index < -0.39 is 0 Å². The maximum Gasteiger partial charge on any atom is 0.240 e. The Morgan fingerprint density at radius 1 is 1.47 bits per heavy atom. The Hall–Kier alpha value is -1.75. The fourth-order valence-electron chi connectivity index (χ4n) is 1.36. The molecule has 0 bridgehead atoms. The first-order valence-electron chi connectivity index (χ1n) is 4.82. The van der Waals surface area contributed by atoms with E-state index in [1.54, 1.807) is 6.20 Å². The van der Waals surface area contributed by atoms with Crippen molar-refractivity contribution in [2.24, 2.45) is 5.73 Å². The molecular formula is C10H12N4O. The molecule has 0 saturated carbocycles. The smallest absolute Gasteiger partial charge is 0.240 e. The summed E-state index contributed by atoms with van der Waals surface area (Å²) in [6.45, 7) is 2.31. The summed E-state index contributed by atoms with van der Waals surface area (Å²) >= 11 is 0. The third-order valence-corrected chi connectivity index (χ3v) is 2.13. The monoisotopic (exact) mass is 204 g/mol. The molecule has 2 heterocycles.